The average molecular weight is 223 g/mol. The molecule has 2 N–H and O–H groups in total. The first-order chi connectivity index (χ1) is 7.67. The molecule has 1 rings (SSSR count). The Balaban J connectivity index is 2.71. The maximum atomic E-state index is 12.6. The Labute approximate surface area is 93.7 Å². The van der Waals surface area contributed by atoms with Crippen LogP contribution in [0.1, 0.15) is 5.56 Å². The molecule has 1 atom stereocenters. The Morgan fingerprint density at radius 3 is 2.62 bits per heavy atom. The Morgan fingerprint density at radius 1 is 1.50 bits per heavy atom. The van der Waals surface area contributed by atoms with Crippen LogP contribution in [-0.2, 0) is 9.53 Å². The number of carbonyl (C=O) groups excluding carboxylic acids is 1. The molecule has 0 radical (unpaired) electrons. The van der Waals surface area contributed by atoms with Crippen LogP contribution in [0.2, 0.25) is 0 Å². The molecule has 16 heavy (non-hydrogen) atoms. The smallest absolute Gasteiger partial charge is 0.313 e. The van der Waals surface area contributed by atoms with Crippen LogP contribution < -0.4 is 5.73 Å². The minimum atomic E-state index is -0.463. The van der Waals surface area contributed by atoms with Gasteiger partial charge in [-0.2, -0.15) is 0 Å². The van der Waals surface area contributed by atoms with Crippen molar-refractivity contribution in [1.82, 2.24) is 0 Å². The number of hydrogen-bond donors (Lipinski definition) is 1. The molecule has 0 bridgehead atoms. The summed E-state index contributed by atoms with van der Waals surface area (Å²) in [5, 5.41) is 0. The third kappa shape index (κ3) is 3.47. The highest BCUT2D eigenvalue weighted by molar-refractivity contribution is 5.76. The van der Waals surface area contributed by atoms with Gasteiger partial charge in [0.2, 0.25) is 0 Å². The van der Waals surface area contributed by atoms with E-state index in [1.807, 2.05) is 0 Å². The number of hydrogen-bond acceptors (Lipinski definition) is 3. The van der Waals surface area contributed by atoms with E-state index in [1.54, 1.807) is 24.3 Å². The molecule has 0 aliphatic carbocycles. The summed E-state index contributed by atoms with van der Waals surface area (Å²) in [4.78, 5) is 11.2. The lowest BCUT2D eigenvalue weighted by Crippen LogP contribution is -2.22. The summed E-state index contributed by atoms with van der Waals surface area (Å²) in [5.74, 6) is -1.13. The number of nitrogens with two attached hydrogens (primary N) is 1. The highest BCUT2D eigenvalue weighted by atomic mass is 19.1. The van der Waals surface area contributed by atoms with Gasteiger partial charge in [0.1, 0.15) is 5.82 Å². The molecule has 0 saturated heterocycles. The summed E-state index contributed by atoms with van der Waals surface area (Å²) >= 11 is 0. The molecule has 86 valence electrons. The number of rotatable bonds is 4. The molecule has 0 aliphatic heterocycles. The summed E-state index contributed by atoms with van der Waals surface area (Å²) in [5.41, 5.74) is 6.23. The van der Waals surface area contributed by atoms with Gasteiger partial charge in [-0.05, 0) is 17.7 Å². The van der Waals surface area contributed by atoms with Gasteiger partial charge >= 0.3 is 5.97 Å². The molecule has 0 amide bonds. The molecule has 0 heterocycles. The number of halogens is 1. The van der Waals surface area contributed by atoms with Crippen molar-refractivity contribution in [2.45, 2.75) is 0 Å². The predicted molar refractivity (Wildman–Crippen MR) is 60.0 cm³/mol. The van der Waals surface area contributed by atoms with Crippen molar-refractivity contribution in [2.75, 3.05) is 13.7 Å². The monoisotopic (exact) mass is 223 g/mol. The number of ether oxygens (including phenoxy) is 1. The van der Waals surface area contributed by atoms with Gasteiger partial charge < -0.3 is 10.5 Å². The van der Waals surface area contributed by atoms with Crippen LogP contribution >= 0.6 is 0 Å². The van der Waals surface area contributed by atoms with E-state index in [0.717, 1.165) is 5.56 Å². The van der Waals surface area contributed by atoms with Gasteiger partial charge in [0, 0.05) is 6.54 Å². The molecule has 0 saturated carbocycles. The fourth-order valence-electron chi connectivity index (χ4n) is 1.21. The number of esters is 1. The first-order valence-corrected chi connectivity index (χ1v) is 4.89. The zero-order chi connectivity index (χ0) is 12.0. The minimum Gasteiger partial charge on any atom is -0.469 e. The molecule has 1 unspecified atom stereocenters. The average Bonchev–Trinajstić information content (AvgIpc) is 2.31. The second-order valence-corrected chi connectivity index (χ2v) is 3.28. The van der Waals surface area contributed by atoms with Gasteiger partial charge in [-0.15, -0.1) is 0 Å². The maximum absolute atomic E-state index is 12.6. The van der Waals surface area contributed by atoms with Gasteiger partial charge in [0.25, 0.3) is 0 Å². The topological polar surface area (TPSA) is 52.3 Å². The largest absolute Gasteiger partial charge is 0.469 e. The van der Waals surface area contributed by atoms with Gasteiger partial charge in [-0.3, -0.25) is 4.79 Å². The van der Waals surface area contributed by atoms with Crippen molar-refractivity contribution in [1.29, 1.82) is 0 Å². The summed E-state index contributed by atoms with van der Waals surface area (Å²) < 4.78 is 17.2. The molecule has 0 fully saturated rings. The Morgan fingerprint density at radius 2 is 2.12 bits per heavy atom. The van der Waals surface area contributed by atoms with Crippen LogP contribution in [0.4, 0.5) is 4.39 Å². The van der Waals surface area contributed by atoms with E-state index < -0.39 is 5.92 Å². The number of benzene rings is 1. The van der Waals surface area contributed by atoms with Crippen LogP contribution in [-0.4, -0.2) is 19.6 Å². The summed E-state index contributed by atoms with van der Waals surface area (Å²) in [7, 11) is 1.32. The fraction of sp³-hybridized carbons (Fsp3) is 0.250. The third-order valence-corrected chi connectivity index (χ3v) is 2.15. The number of methoxy groups -OCH3 is 1. The summed E-state index contributed by atoms with van der Waals surface area (Å²) in [6.45, 7) is 0.185. The first kappa shape index (κ1) is 12.4. The first-order valence-electron chi connectivity index (χ1n) is 4.89. The lowest BCUT2D eigenvalue weighted by atomic mass is 10.1. The van der Waals surface area contributed by atoms with Crippen LogP contribution in [0.3, 0.4) is 0 Å². The fourth-order valence-corrected chi connectivity index (χ4v) is 1.21. The normalized spacial score (nSPS) is 12.7. The van der Waals surface area contributed by atoms with Gasteiger partial charge in [-0.1, -0.05) is 24.3 Å². The Bertz CT molecular complexity index is 373. The molecular formula is C12H14FNO2. The van der Waals surface area contributed by atoms with Crippen molar-refractivity contribution < 1.29 is 13.9 Å². The standard InChI is InChI=1S/C12H14FNO2/c1-16-12(15)10(8-14)5-2-9-3-6-11(13)7-4-9/h2-7,10H,8,14H2,1H3/b5-2+. The van der Waals surface area contributed by atoms with Crippen molar-refractivity contribution in [3.8, 4) is 0 Å². The van der Waals surface area contributed by atoms with Gasteiger partial charge in [0.05, 0.1) is 13.0 Å². The molecule has 3 nitrogen and oxygen atoms in total. The molecule has 0 spiro atoms. The van der Waals surface area contributed by atoms with E-state index in [0.29, 0.717) is 0 Å². The summed E-state index contributed by atoms with van der Waals surface area (Å²) in [6, 6.07) is 5.96. The highest BCUT2D eigenvalue weighted by Crippen LogP contribution is 2.08. The van der Waals surface area contributed by atoms with Gasteiger partial charge in [-0.25, -0.2) is 4.39 Å². The van der Waals surface area contributed by atoms with Crippen molar-refractivity contribution in [3.63, 3.8) is 0 Å². The number of carbonyl (C=O) groups is 1. The van der Waals surface area contributed by atoms with E-state index in [4.69, 9.17) is 5.73 Å². The van der Waals surface area contributed by atoms with E-state index in [1.165, 1.54) is 19.2 Å². The second-order valence-electron chi connectivity index (χ2n) is 3.28. The minimum absolute atomic E-state index is 0.185. The van der Waals surface area contributed by atoms with Crippen LogP contribution in [0.25, 0.3) is 6.08 Å². The Hall–Kier alpha value is -1.68. The molecular weight excluding hydrogens is 209 g/mol. The highest BCUT2D eigenvalue weighted by Gasteiger charge is 2.12. The van der Waals surface area contributed by atoms with E-state index in [9.17, 15) is 9.18 Å². The van der Waals surface area contributed by atoms with Crippen LogP contribution in [0.15, 0.2) is 30.3 Å². The molecule has 0 aromatic heterocycles. The summed E-state index contributed by atoms with van der Waals surface area (Å²) in [6.07, 6.45) is 3.37. The molecule has 1 aromatic rings. The van der Waals surface area contributed by atoms with Crippen molar-refractivity contribution in [3.05, 3.63) is 41.7 Å². The van der Waals surface area contributed by atoms with Crippen LogP contribution in [0.5, 0.6) is 0 Å². The quantitative estimate of drug-likeness (QED) is 0.788. The Kier molecular flexibility index (Phi) is 4.66. The van der Waals surface area contributed by atoms with E-state index >= 15 is 0 Å². The SMILES string of the molecule is COC(=O)C(/C=C/c1ccc(F)cc1)CN. The van der Waals surface area contributed by atoms with Crippen LogP contribution in [0, 0.1) is 11.7 Å². The van der Waals surface area contributed by atoms with Gasteiger partial charge in [0.15, 0.2) is 0 Å². The molecule has 4 heteroatoms. The molecule has 0 aliphatic rings. The van der Waals surface area contributed by atoms with Crippen molar-refractivity contribution >= 4 is 12.0 Å². The zero-order valence-corrected chi connectivity index (χ0v) is 9.02. The van der Waals surface area contributed by atoms with E-state index in [2.05, 4.69) is 4.74 Å². The zero-order valence-electron chi connectivity index (χ0n) is 9.02. The van der Waals surface area contributed by atoms with Crippen molar-refractivity contribution in [2.24, 2.45) is 11.7 Å². The maximum Gasteiger partial charge on any atom is 0.313 e. The second kappa shape index (κ2) is 6.02. The predicted octanol–water partition coefficient (Wildman–Crippen LogP) is 1.59. The lowest BCUT2D eigenvalue weighted by Gasteiger charge is -2.06. The molecule has 1 aromatic carbocycles. The van der Waals surface area contributed by atoms with E-state index in [-0.39, 0.29) is 18.3 Å². The lowest BCUT2D eigenvalue weighted by molar-refractivity contribution is -0.143. The third-order valence-electron chi connectivity index (χ3n) is 2.15.